The highest BCUT2D eigenvalue weighted by Gasteiger charge is 2.24. The molecular weight excluding hydrogens is 351 g/mol. The first-order chi connectivity index (χ1) is 11.0. The van der Waals surface area contributed by atoms with Gasteiger partial charge in [-0.15, -0.1) is 0 Å². The number of aryl methyl sites for hydroxylation is 1. The van der Waals surface area contributed by atoms with Crippen LogP contribution in [0.3, 0.4) is 0 Å². The number of aliphatic imine (C=N–C) groups is 1. The van der Waals surface area contributed by atoms with E-state index in [1.54, 1.807) is 24.3 Å². The SMILES string of the molecule is Cc1ccc(N=C2NC(=O)/C(=C/c3ccc(Cl)cc3Cl)S2)cc1. The number of amidine groups is 1. The van der Waals surface area contributed by atoms with Crippen molar-refractivity contribution in [2.45, 2.75) is 6.92 Å². The highest BCUT2D eigenvalue weighted by molar-refractivity contribution is 8.18. The summed E-state index contributed by atoms with van der Waals surface area (Å²) in [5.74, 6) is -0.188. The average molecular weight is 363 g/mol. The van der Waals surface area contributed by atoms with Gasteiger partial charge in [-0.2, -0.15) is 0 Å². The van der Waals surface area contributed by atoms with Gasteiger partial charge in [0, 0.05) is 10.0 Å². The van der Waals surface area contributed by atoms with Gasteiger partial charge in [0.25, 0.3) is 5.91 Å². The quantitative estimate of drug-likeness (QED) is 0.746. The first-order valence-electron chi connectivity index (χ1n) is 6.82. The summed E-state index contributed by atoms with van der Waals surface area (Å²) >= 11 is 13.3. The maximum Gasteiger partial charge on any atom is 0.264 e. The zero-order valence-corrected chi connectivity index (χ0v) is 14.5. The molecule has 1 heterocycles. The van der Waals surface area contributed by atoms with Gasteiger partial charge in [0.05, 0.1) is 10.6 Å². The third-order valence-electron chi connectivity index (χ3n) is 3.16. The van der Waals surface area contributed by atoms with Gasteiger partial charge in [0.2, 0.25) is 0 Å². The number of nitrogens with zero attached hydrogens (tertiary/aromatic N) is 1. The predicted octanol–water partition coefficient (Wildman–Crippen LogP) is 5.19. The maximum absolute atomic E-state index is 12.1. The van der Waals surface area contributed by atoms with Crippen LogP contribution in [0.25, 0.3) is 6.08 Å². The van der Waals surface area contributed by atoms with Crippen LogP contribution in [0.2, 0.25) is 10.0 Å². The molecule has 1 aliphatic heterocycles. The monoisotopic (exact) mass is 362 g/mol. The molecule has 3 nitrogen and oxygen atoms in total. The van der Waals surface area contributed by atoms with Crippen LogP contribution < -0.4 is 5.32 Å². The molecule has 1 N–H and O–H groups in total. The first-order valence-corrected chi connectivity index (χ1v) is 8.40. The number of amides is 1. The molecular formula is C17H12Cl2N2OS. The molecule has 0 saturated carbocycles. The second kappa shape index (κ2) is 6.79. The van der Waals surface area contributed by atoms with Gasteiger partial charge in [0.1, 0.15) is 0 Å². The minimum atomic E-state index is -0.188. The lowest BCUT2D eigenvalue weighted by Crippen LogP contribution is -2.19. The molecule has 1 fully saturated rings. The lowest BCUT2D eigenvalue weighted by atomic mass is 10.2. The normalized spacial score (nSPS) is 17.8. The number of nitrogens with one attached hydrogen (secondary N) is 1. The van der Waals surface area contributed by atoms with Crippen molar-refractivity contribution in [2.75, 3.05) is 0 Å². The zero-order chi connectivity index (χ0) is 16.4. The lowest BCUT2D eigenvalue weighted by molar-refractivity contribution is -0.115. The minimum Gasteiger partial charge on any atom is -0.300 e. The van der Waals surface area contributed by atoms with Crippen LogP contribution in [0.15, 0.2) is 52.4 Å². The van der Waals surface area contributed by atoms with Crippen molar-refractivity contribution < 1.29 is 4.79 Å². The summed E-state index contributed by atoms with van der Waals surface area (Å²) in [4.78, 5) is 17.0. The van der Waals surface area contributed by atoms with E-state index in [1.807, 2.05) is 31.2 Å². The molecule has 0 radical (unpaired) electrons. The highest BCUT2D eigenvalue weighted by atomic mass is 35.5. The van der Waals surface area contributed by atoms with Crippen molar-refractivity contribution in [3.05, 3.63) is 68.5 Å². The molecule has 3 rings (SSSR count). The van der Waals surface area contributed by atoms with E-state index in [-0.39, 0.29) is 5.91 Å². The Labute approximate surface area is 148 Å². The Hall–Kier alpha value is -1.75. The standard InChI is InChI=1S/C17H12Cl2N2OS/c1-10-2-6-13(7-3-10)20-17-21-16(22)15(23-17)8-11-4-5-12(18)9-14(11)19/h2-9H,1H3,(H,20,21,22)/b15-8-. The number of thioether (sulfide) groups is 1. The molecule has 1 amide bonds. The number of rotatable bonds is 2. The van der Waals surface area contributed by atoms with Crippen molar-refractivity contribution in [3.8, 4) is 0 Å². The molecule has 116 valence electrons. The predicted molar refractivity (Wildman–Crippen MR) is 98.4 cm³/mol. The van der Waals surface area contributed by atoms with Crippen molar-refractivity contribution in [1.82, 2.24) is 5.32 Å². The van der Waals surface area contributed by atoms with Gasteiger partial charge in [-0.25, -0.2) is 4.99 Å². The summed E-state index contributed by atoms with van der Waals surface area (Å²) in [6.45, 7) is 2.01. The smallest absolute Gasteiger partial charge is 0.264 e. The third-order valence-corrected chi connectivity index (χ3v) is 4.64. The van der Waals surface area contributed by atoms with Gasteiger partial charge >= 0.3 is 0 Å². The van der Waals surface area contributed by atoms with Crippen LogP contribution >= 0.6 is 35.0 Å². The topological polar surface area (TPSA) is 41.5 Å². The van der Waals surface area contributed by atoms with Crippen molar-refractivity contribution in [1.29, 1.82) is 0 Å². The Kier molecular flexibility index (Phi) is 4.76. The number of carbonyl (C=O) groups is 1. The molecule has 1 aliphatic rings. The molecule has 0 aromatic heterocycles. The van der Waals surface area contributed by atoms with Crippen LogP contribution in [-0.2, 0) is 4.79 Å². The zero-order valence-electron chi connectivity index (χ0n) is 12.1. The molecule has 0 spiro atoms. The summed E-state index contributed by atoms with van der Waals surface area (Å²) < 4.78 is 0. The molecule has 0 atom stereocenters. The summed E-state index contributed by atoms with van der Waals surface area (Å²) in [5, 5.41) is 4.37. The Morgan fingerprint density at radius 2 is 1.87 bits per heavy atom. The molecule has 0 aliphatic carbocycles. The van der Waals surface area contributed by atoms with E-state index in [2.05, 4.69) is 10.3 Å². The highest BCUT2D eigenvalue weighted by Crippen LogP contribution is 2.30. The maximum atomic E-state index is 12.1. The summed E-state index contributed by atoms with van der Waals surface area (Å²) in [6, 6.07) is 12.9. The Morgan fingerprint density at radius 1 is 1.13 bits per heavy atom. The number of benzene rings is 2. The molecule has 2 aromatic rings. The van der Waals surface area contributed by atoms with Crippen LogP contribution in [0.4, 0.5) is 5.69 Å². The average Bonchev–Trinajstić information content (AvgIpc) is 2.84. The number of halogens is 2. The summed E-state index contributed by atoms with van der Waals surface area (Å²) in [7, 11) is 0. The summed E-state index contributed by atoms with van der Waals surface area (Å²) in [6.07, 6.45) is 1.73. The molecule has 2 aromatic carbocycles. The van der Waals surface area contributed by atoms with E-state index >= 15 is 0 Å². The molecule has 6 heteroatoms. The minimum absolute atomic E-state index is 0.188. The van der Waals surface area contributed by atoms with E-state index in [0.29, 0.717) is 20.1 Å². The van der Waals surface area contributed by atoms with Crippen molar-refractivity contribution >= 4 is 57.8 Å². The van der Waals surface area contributed by atoms with Crippen LogP contribution in [-0.4, -0.2) is 11.1 Å². The van der Waals surface area contributed by atoms with Crippen LogP contribution in [0, 0.1) is 6.92 Å². The van der Waals surface area contributed by atoms with E-state index in [9.17, 15) is 4.79 Å². The van der Waals surface area contributed by atoms with Gasteiger partial charge in [0.15, 0.2) is 5.17 Å². The van der Waals surface area contributed by atoms with E-state index in [4.69, 9.17) is 23.2 Å². The Bertz CT molecular complexity index is 829. The number of carbonyl (C=O) groups excluding carboxylic acids is 1. The van der Waals surface area contributed by atoms with Crippen molar-refractivity contribution in [3.63, 3.8) is 0 Å². The molecule has 1 saturated heterocycles. The Balaban J connectivity index is 1.84. The van der Waals surface area contributed by atoms with E-state index < -0.39 is 0 Å². The fourth-order valence-electron chi connectivity index (χ4n) is 1.98. The third kappa shape index (κ3) is 3.96. The number of hydrogen-bond acceptors (Lipinski definition) is 3. The van der Waals surface area contributed by atoms with Crippen LogP contribution in [0.1, 0.15) is 11.1 Å². The number of hydrogen-bond donors (Lipinski definition) is 1. The first kappa shape index (κ1) is 16.1. The van der Waals surface area contributed by atoms with E-state index in [1.165, 1.54) is 11.8 Å². The van der Waals surface area contributed by atoms with Gasteiger partial charge in [-0.3, -0.25) is 4.79 Å². The summed E-state index contributed by atoms with van der Waals surface area (Å²) in [5.41, 5.74) is 2.70. The largest absolute Gasteiger partial charge is 0.300 e. The molecule has 23 heavy (non-hydrogen) atoms. The lowest BCUT2D eigenvalue weighted by Gasteiger charge is -1.99. The molecule has 0 bridgehead atoms. The van der Waals surface area contributed by atoms with Gasteiger partial charge in [-0.05, 0) is 54.6 Å². The van der Waals surface area contributed by atoms with Gasteiger partial charge < -0.3 is 5.32 Å². The second-order valence-electron chi connectivity index (χ2n) is 4.98. The fraction of sp³-hybridized carbons (Fsp3) is 0.0588. The van der Waals surface area contributed by atoms with Gasteiger partial charge in [-0.1, -0.05) is 47.0 Å². The molecule has 0 unspecified atom stereocenters. The van der Waals surface area contributed by atoms with Crippen molar-refractivity contribution in [2.24, 2.45) is 4.99 Å². The fourth-order valence-corrected chi connectivity index (χ4v) is 3.27. The Morgan fingerprint density at radius 3 is 2.57 bits per heavy atom. The van der Waals surface area contributed by atoms with E-state index in [0.717, 1.165) is 16.8 Å². The van der Waals surface area contributed by atoms with Crippen LogP contribution in [0.5, 0.6) is 0 Å². The second-order valence-corrected chi connectivity index (χ2v) is 6.86.